The number of ether oxygens (including phenoxy) is 1. The van der Waals surface area contributed by atoms with E-state index in [2.05, 4.69) is 16.5 Å². The third-order valence-corrected chi connectivity index (χ3v) is 5.45. The Labute approximate surface area is 176 Å². The van der Waals surface area contributed by atoms with Crippen LogP contribution in [-0.2, 0) is 9.53 Å². The van der Waals surface area contributed by atoms with E-state index in [1.807, 2.05) is 26.1 Å². The number of unbranched alkanes of at least 4 members (excludes halogenated alkanes) is 1. The topological polar surface area (TPSA) is 80.0 Å². The van der Waals surface area contributed by atoms with Crippen LogP contribution < -0.4 is 10.8 Å². The molecule has 2 aromatic rings. The average molecular weight is 413 g/mol. The zero-order chi connectivity index (χ0) is 21.6. The molecule has 1 amide bonds. The minimum atomic E-state index is -0.289. The quantitative estimate of drug-likeness (QED) is 0.461. The maximum atomic E-state index is 13.3. The van der Waals surface area contributed by atoms with Crippen molar-refractivity contribution in [3.05, 3.63) is 53.3 Å². The molecule has 2 N–H and O–H groups in total. The number of aromatic nitrogens is 2. The van der Waals surface area contributed by atoms with E-state index < -0.39 is 0 Å². The van der Waals surface area contributed by atoms with Gasteiger partial charge in [0.2, 0.25) is 6.41 Å². The van der Waals surface area contributed by atoms with E-state index >= 15 is 0 Å². The summed E-state index contributed by atoms with van der Waals surface area (Å²) in [5.41, 5.74) is 2.68. The van der Waals surface area contributed by atoms with E-state index in [-0.39, 0.29) is 17.2 Å². The first-order valence-corrected chi connectivity index (χ1v) is 10.3. The van der Waals surface area contributed by atoms with Crippen molar-refractivity contribution in [3.63, 3.8) is 0 Å². The van der Waals surface area contributed by atoms with Crippen LogP contribution in [-0.4, -0.2) is 35.9 Å². The molecular weight excluding hydrogens is 383 g/mol. The van der Waals surface area contributed by atoms with Crippen molar-refractivity contribution in [2.45, 2.75) is 39.0 Å². The van der Waals surface area contributed by atoms with E-state index in [0.29, 0.717) is 30.9 Å². The van der Waals surface area contributed by atoms with Gasteiger partial charge in [-0.3, -0.25) is 10.2 Å². The number of halogens is 1. The third kappa shape index (κ3) is 5.21. The number of hydrogen-bond acceptors (Lipinski definition) is 4. The molecule has 1 aromatic carbocycles. The lowest BCUT2D eigenvalue weighted by Crippen LogP contribution is -2.41. The zero-order valence-corrected chi connectivity index (χ0v) is 17.5. The van der Waals surface area contributed by atoms with Crippen LogP contribution >= 0.6 is 0 Å². The molecule has 7 heteroatoms. The molecule has 0 aliphatic carbocycles. The lowest BCUT2D eigenvalue weighted by molar-refractivity contribution is -0.109. The second kappa shape index (κ2) is 9.80. The van der Waals surface area contributed by atoms with Crippen molar-refractivity contribution in [2.75, 3.05) is 19.8 Å². The Bertz CT molecular complexity index is 947. The lowest BCUT2D eigenvalue weighted by atomic mass is 9.81. The van der Waals surface area contributed by atoms with Crippen molar-refractivity contribution in [1.29, 1.82) is 5.41 Å². The molecule has 160 valence electrons. The Kier molecular flexibility index (Phi) is 7.15. The fourth-order valence-corrected chi connectivity index (χ4v) is 3.53. The van der Waals surface area contributed by atoms with Crippen molar-refractivity contribution >= 4 is 12.6 Å². The van der Waals surface area contributed by atoms with Crippen LogP contribution in [0.25, 0.3) is 17.5 Å². The SMILES string of the molecule is CC(C)c1cc(-c2ccc(F)cc2)nn(/C=C/C2(CCCCNC=O)COC2)c1=N. The molecule has 3 rings (SSSR count). The molecule has 0 saturated carbocycles. The largest absolute Gasteiger partial charge is 0.379 e. The van der Waals surface area contributed by atoms with Gasteiger partial charge in [0.05, 0.1) is 18.9 Å². The highest BCUT2D eigenvalue weighted by Crippen LogP contribution is 2.35. The highest BCUT2D eigenvalue weighted by molar-refractivity contribution is 5.59. The minimum Gasteiger partial charge on any atom is -0.379 e. The fourth-order valence-electron chi connectivity index (χ4n) is 3.53. The summed E-state index contributed by atoms with van der Waals surface area (Å²) in [6, 6.07) is 8.15. The summed E-state index contributed by atoms with van der Waals surface area (Å²) >= 11 is 0. The highest BCUT2D eigenvalue weighted by Gasteiger charge is 2.35. The summed E-state index contributed by atoms with van der Waals surface area (Å²) in [6.07, 6.45) is 7.52. The first-order chi connectivity index (χ1) is 14.4. The number of rotatable bonds is 10. The molecule has 6 nitrogen and oxygen atoms in total. The third-order valence-electron chi connectivity index (χ3n) is 5.45. The summed E-state index contributed by atoms with van der Waals surface area (Å²) in [5, 5.41) is 15.9. The number of amides is 1. The molecule has 0 radical (unpaired) electrons. The first-order valence-electron chi connectivity index (χ1n) is 10.3. The van der Waals surface area contributed by atoms with Crippen LogP contribution in [0.15, 0.2) is 36.4 Å². The van der Waals surface area contributed by atoms with Gasteiger partial charge in [0.15, 0.2) is 0 Å². The van der Waals surface area contributed by atoms with Gasteiger partial charge in [-0.1, -0.05) is 26.3 Å². The molecule has 1 aromatic heterocycles. The van der Waals surface area contributed by atoms with E-state index in [4.69, 9.17) is 10.1 Å². The Hall–Kier alpha value is -2.80. The molecular formula is C23H29FN4O2. The smallest absolute Gasteiger partial charge is 0.207 e. The van der Waals surface area contributed by atoms with Gasteiger partial charge in [-0.15, -0.1) is 0 Å². The standard InChI is InChI=1S/C23H29FN4O2/c1-17(2)20-13-21(18-5-7-19(24)8-6-18)27-28(22(20)25)12-10-23(14-30-15-23)9-3-4-11-26-16-29/h5-8,10,12-13,16-17,25H,3-4,9,11,14-15H2,1-2H3,(H,26,29)/b12-10+,25-22?. The van der Waals surface area contributed by atoms with Gasteiger partial charge in [-0.25, -0.2) is 9.07 Å². The zero-order valence-electron chi connectivity index (χ0n) is 17.5. The van der Waals surface area contributed by atoms with E-state index in [1.54, 1.807) is 16.8 Å². The van der Waals surface area contributed by atoms with Crippen LogP contribution in [0.3, 0.4) is 0 Å². The number of nitrogens with zero attached hydrogens (tertiary/aromatic N) is 2. The molecule has 0 bridgehead atoms. The number of carbonyl (C=O) groups is 1. The average Bonchev–Trinajstić information content (AvgIpc) is 2.70. The number of carbonyl (C=O) groups excluding carboxylic acids is 1. The van der Waals surface area contributed by atoms with Crippen molar-refractivity contribution < 1.29 is 13.9 Å². The van der Waals surface area contributed by atoms with E-state index in [1.165, 1.54) is 12.1 Å². The molecule has 2 heterocycles. The van der Waals surface area contributed by atoms with Gasteiger partial charge in [0.25, 0.3) is 0 Å². The molecule has 0 unspecified atom stereocenters. The van der Waals surface area contributed by atoms with Gasteiger partial charge in [-0.05, 0) is 49.1 Å². The lowest BCUT2D eigenvalue weighted by Gasteiger charge is -2.39. The van der Waals surface area contributed by atoms with E-state index in [0.717, 1.165) is 36.8 Å². The molecule has 30 heavy (non-hydrogen) atoms. The maximum Gasteiger partial charge on any atom is 0.207 e. The number of hydrogen-bond donors (Lipinski definition) is 2. The van der Waals surface area contributed by atoms with Crippen LogP contribution in [0.2, 0.25) is 0 Å². The summed E-state index contributed by atoms with van der Waals surface area (Å²) in [4.78, 5) is 10.4. The van der Waals surface area contributed by atoms with Crippen molar-refractivity contribution in [2.24, 2.45) is 5.41 Å². The van der Waals surface area contributed by atoms with Gasteiger partial charge in [0.1, 0.15) is 11.3 Å². The highest BCUT2D eigenvalue weighted by atomic mass is 19.1. The van der Waals surface area contributed by atoms with Crippen LogP contribution in [0.1, 0.15) is 44.6 Å². The minimum absolute atomic E-state index is 0.0633. The fraction of sp³-hybridized carbons (Fsp3) is 0.435. The summed E-state index contributed by atoms with van der Waals surface area (Å²) < 4.78 is 20.4. The monoisotopic (exact) mass is 412 g/mol. The van der Waals surface area contributed by atoms with Crippen LogP contribution in [0.4, 0.5) is 4.39 Å². The van der Waals surface area contributed by atoms with Crippen LogP contribution in [0.5, 0.6) is 0 Å². The summed E-state index contributed by atoms with van der Waals surface area (Å²) in [6.45, 7) is 6.06. The normalized spacial score (nSPS) is 15.3. The van der Waals surface area contributed by atoms with Crippen molar-refractivity contribution in [1.82, 2.24) is 15.1 Å². The molecule has 0 spiro atoms. The summed E-state index contributed by atoms with van der Waals surface area (Å²) in [5.74, 6) is -0.131. The second-order valence-corrected chi connectivity index (χ2v) is 8.14. The van der Waals surface area contributed by atoms with E-state index in [9.17, 15) is 9.18 Å². The van der Waals surface area contributed by atoms with Gasteiger partial charge < -0.3 is 10.1 Å². The number of nitrogens with one attached hydrogen (secondary N) is 2. The Morgan fingerprint density at radius 1 is 1.30 bits per heavy atom. The Balaban J connectivity index is 1.85. The second-order valence-electron chi connectivity index (χ2n) is 8.14. The molecule has 1 saturated heterocycles. The van der Waals surface area contributed by atoms with Gasteiger partial charge >= 0.3 is 0 Å². The van der Waals surface area contributed by atoms with Gasteiger partial charge in [-0.2, -0.15) is 5.10 Å². The van der Waals surface area contributed by atoms with Gasteiger partial charge in [0, 0.05) is 29.3 Å². The molecule has 1 aliphatic rings. The number of benzene rings is 1. The predicted octanol–water partition coefficient (Wildman–Crippen LogP) is 3.70. The summed E-state index contributed by atoms with van der Waals surface area (Å²) in [7, 11) is 0. The predicted molar refractivity (Wildman–Crippen MR) is 114 cm³/mol. The molecule has 1 aliphatic heterocycles. The Morgan fingerprint density at radius 2 is 2.03 bits per heavy atom. The van der Waals surface area contributed by atoms with Crippen molar-refractivity contribution in [3.8, 4) is 11.3 Å². The van der Waals surface area contributed by atoms with Crippen LogP contribution in [0, 0.1) is 16.6 Å². The first kappa shape index (κ1) is 21.9. The Morgan fingerprint density at radius 3 is 2.63 bits per heavy atom. The maximum absolute atomic E-state index is 13.3. The molecule has 1 fully saturated rings. The molecule has 0 atom stereocenters.